The highest BCUT2D eigenvalue weighted by Gasteiger charge is 2.41. The van der Waals surface area contributed by atoms with Gasteiger partial charge in [0.2, 0.25) is 5.91 Å². The number of nitrogens with one attached hydrogen (secondary N) is 1. The summed E-state index contributed by atoms with van der Waals surface area (Å²) in [6, 6.07) is 7.39. The Morgan fingerprint density at radius 2 is 1.89 bits per heavy atom. The molecule has 2 rings (SSSR count). The van der Waals surface area contributed by atoms with Crippen molar-refractivity contribution < 1.29 is 19.4 Å². The van der Waals surface area contributed by atoms with Crippen molar-refractivity contribution in [2.24, 2.45) is 11.8 Å². The normalized spacial score (nSPS) is 21.3. The van der Waals surface area contributed by atoms with Gasteiger partial charge in [-0.3, -0.25) is 9.59 Å². The predicted molar refractivity (Wildman–Crippen MR) is 68.7 cm³/mol. The van der Waals surface area contributed by atoms with Crippen molar-refractivity contribution in [3.63, 3.8) is 0 Å². The average Bonchev–Trinajstić information content (AvgIpc) is 2.35. The second kappa shape index (κ2) is 5.73. The van der Waals surface area contributed by atoms with Crippen LogP contribution in [0.4, 0.5) is 0 Å². The molecule has 0 heterocycles. The lowest BCUT2D eigenvalue weighted by Crippen LogP contribution is -2.43. The summed E-state index contributed by atoms with van der Waals surface area (Å²) in [5.74, 6) is -1.18. The predicted octanol–water partition coefficient (Wildman–Crippen LogP) is 1.42. The highest BCUT2D eigenvalue weighted by atomic mass is 16.5. The van der Waals surface area contributed by atoms with E-state index in [0.717, 1.165) is 11.3 Å². The number of rotatable bonds is 5. The zero-order valence-electron chi connectivity index (χ0n) is 10.8. The molecular weight excluding hydrogens is 246 g/mol. The van der Waals surface area contributed by atoms with E-state index < -0.39 is 11.9 Å². The summed E-state index contributed by atoms with van der Waals surface area (Å²) in [7, 11) is 1.60. The molecular formula is C14H17NO4. The molecule has 0 aliphatic heterocycles. The number of carbonyl (C=O) groups excluding carboxylic acids is 1. The van der Waals surface area contributed by atoms with E-state index in [1.54, 1.807) is 7.11 Å². The molecule has 0 bridgehead atoms. The minimum absolute atomic E-state index is 0.172. The summed E-state index contributed by atoms with van der Waals surface area (Å²) in [5, 5.41) is 11.7. The molecule has 1 amide bonds. The van der Waals surface area contributed by atoms with Gasteiger partial charge in [0.05, 0.1) is 18.9 Å². The van der Waals surface area contributed by atoms with Crippen LogP contribution in [-0.4, -0.2) is 24.1 Å². The van der Waals surface area contributed by atoms with Crippen molar-refractivity contribution >= 4 is 11.9 Å². The van der Waals surface area contributed by atoms with Gasteiger partial charge in [-0.15, -0.1) is 0 Å². The third kappa shape index (κ3) is 3.05. The highest BCUT2D eigenvalue weighted by molar-refractivity contribution is 5.86. The van der Waals surface area contributed by atoms with Gasteiger partial charge in [-0.1, -0.05) is 12.1 Å². The number of hydrogen-bond donors (Lipinski definition) is 2. The Morgan fingerprint density at radius 3 is 2.37 bits per heavy atom. The summed E-state index contributed by atoms with van der Waals surface area (Å²) in [5.41, 5.74) is 0.959. The zero-order valence-corrected chi connectivity index (χ0v) is 10.8. The number of aliphatic carboxylic acids is 1. The van der Waals surface area contributed by atoms with E-state index in [9.17, 15) is 9.59 Å². The lowest BCUT2D eigenvalue weighted by molar-refractivity contribution is -0.152. The second-order valence-corrected chi connectivity index (χ2v) is 4.69. The van der Waals surface area contributed by atoms with Crippen LogP contribution in [0.3, 0.4) is 0 Å². The van der Waals surface area contributed by atoms with E-state index in [2.05, 4.69) is 5.32 Å². The van der Waals surface area contributed by atoms with Crippen LogP contribution in [0.1, 0.15) is 18.4 Å². The Labute approximate surface area is 111 Å². The minimum atomic E-state index is -0.879. The number of hydrogen-bond acceptors (Lipinski definition) is 3. The van der Waals surface area contributed by atoms with Crippen molar-refractivity contribution in [2.45, 2.75) is 19.4 Å². The molecule has 0 spiro atoms. The molecule has 1 aliphatic rings. The van der Waals surface area contributed by atoms with Crippen LogP contribution in [0.5, 0.6) is 5.75 Å². The van der Waals surface area contributed by atoms with E-state index in [-0.39, 0.29) is 11.8 Å². The third-order valence-electron chi connectivity index (χ3n) is 3.55. The van der Waals surface area contributed by atoms with Crippen LogP contribution in [-0.2, 0) is 16.1 Å². The van der Waals surface area contributed by atoms with Gasteiger partial charge in [0.15, 0.2) is 0 Å². The first kappa shape index (κ1) is 13.4. The van der Waals surface area contributed by atoms with Gasteiger partial charge in [0.1, 0.15) is 5.75 Å². The van der Waals surface area contributed by atoms with Crippen LogP contribution in [0.2, 0.25) is 0 Å². The van der Waals surface area contributed by atoms with Gasteiger partial charge in [-0.25, -0.2) is 0 Å². The number of ether oxygens (including phenoxy) is 1. The topological polar surface area (TPSA) is 75.6 Å². The summed E-state index contributed by atoms with van der Waals surface area (Å²) in [6.07, 6.45) is 1.25. The number of carboxylic acid groups (broad SMARTS) is 1. The number of carboxylic acids is 1. The van der Waals surface area contributed by atoms with Gasteiger partial charge >= 0.3 is 5.97 Å². The molecule has 2 atom stereocenters. The van der Waals surface area contributed by atoms with E-state index in [4.69, 9.17) is 9.84 Å². The Morgan fingerprint density at radius 1 is 1.26 bits per heavy atom. The molecule has 5 heteroatoms. The summed E-state index contributed by atoms with van der Waals surface area (Å²) in [4.78, 5) is 22.7. The molecule has 102 valence electrons. The first-order valence-electron chi connectivity index (χ1n) is 6.25. The van der Waals surface area contributed by atoms with Crippen LogP contribution < -0.4 is 10.1 Å². The molecule has 1 aromatic carbocycles. The maximum atomic E-state index is 11.8. The average molecular weight is 263 g/mol. The summed E-state index contributed by atoms with van der Waals surface area (Å²) in [6.45, 7) is 0.408. The first-order chi connectivity index (χ1) is 9.11. The van der Waals surface area contributed by atoms with Gasteiger partial charge in [-0.05, 0) is 30.5 Å². The van der Waals surface area contributed by atoms with Crippen molar-refractivity contribution in [3.05, 3.63) is 29.8 Å². The van der Waals surface area contributed by atoms with E-state index in [1.807, 2.05) is 24.3 Å². The van der Waals surface area contributed by atoms with Gasteiger partial charge in [0.25, 0.3) is 0 Å². The van der Waals surface area contributed by atoms with E-state index in [1.165, 1.54) is 0 Å². The first-order valence-corrected chi connectivity index (χ1v) is 6.25. The molecule has 2 unspecified atom stereocenters. The lowest BCUT2D eigenvalue weighted by atomic mass is 9.73. The van der Waals surface area contributed by atoms with Crippen molar-refractivity contribution in [3.8, 4) is 5.75 Å². The molecule has 5 nitrogen and oxygen atoms in total. The zero-order chi connectivity index (χ0) is 13.8. The minimum Gasteiger partial charge on any atom is -0.497 e. The quantitative estimate of drug-likeness (QED) is 0.842. The number of amides is 1. The SMILES string of the molecule is COc1ccc(CNC(=O)C2CCC2C(=O)O)cc1. The molecule has 0 aromatic heterocycles. The van der Waals surface area contributed by atoms with Crippen molar-refractivity contribution in [2.75, 3.05) is 7.11 Å². The Kier molecular flexibility index (Phi) is 4.04. The van der Waals surface area contributed by atoms with Crippen LogP contribution in [0.15, 0.2) is 24.3 Å². The van der Waals surface area contributed by atoms with E-state index in [0.29, 0.717) is 19.4 Å². The van der Waals surface area contributed by atoms with Crippen LogP contribution in [0.25, 0.3) is 0 Å². The fourth-order valence-corrected chi connectivity index (χ4v) is 2.17. The van der Waals surface area contributed by atoms with Crippen molar-refractivity contribution in [1.82, 2.24) is 5.32 Å². The highest BCUT2D eigenvalue weighted by Crippen LogP contribution is 2.34. The molecule has 0 saturated heterocycles. The number of benzene rings is 1. The molecule has 0 radical (unpaired) electrons. The fraction of sp³-hybridized carbons (Fsp3) is 0.429. The monoisotopic (exact) mass is 263 g/mol. The Hall–Kier alpha value is -2.04. The van der Waals surface area contributed by atoms with Gasteiger partial charge in [0, 0.05) is 6.54 Å². The second-order valence-electron chi connectivity index (χ2n) is 4.69. The lowest BCUT2D eigenvalue weighted by Gasteiger charge is -2.31. The molecule has 1 aromatic rings. The maximum Gasteiger partial charge on any atom is 0.307 e. The molecule has 19 heavy (non-hydrogen) atoms. The molecule has 1 saturated carbocycles. The standard InChI is InChI=1S/C14H17NO4/c1-19-10-4-2-9(3-5-10)8-15-13(16)11-6-7-12(11)14(17)18/h2-5,11-12H,6-8H2,1H3,(H,15,16)(H,17,18). The number of carbonyl (C=O) groups is 2. The smallest absolute Gasteiger partial charge is 0.307 e. The van der Waals surface area contributed by atoms with Crippen molar-refractivity contribution in [1.29, 1.82) is 0 Å². The molecule has 1 fully saturated rings. The molecule has 2 N–H and O–H groups in total. The molecule has 1 aliphatic carbocycles. The van der Waals surface area contributed by atoms with Gasteiger partial charge in [-0.2, -0.15) is 0 Å². The van der Waals surface area contributed by atoms with E-state index >= 15 is 0 Å². The maximum absolute atomic E-state index is 11.8. The summed E-state index contributed by atoms with van der Waals surface area (Å²) < 4.78 is 5.05. The van der Waals surface area contributed by atoms with Crippen LogP contribution >= 0.6 is 0 Å². The Bertz CT molecular complexity index is 469. The van der Waals surface area contributed by atoms with Crippen LogP contribution in [0, 0.1) is 11.8 Å². The fourth-order valence-electron chi connectivity index (χ4n) is 2.17. The number of methoxy groups -OCH3 is 1. The Balaban J connectivity index is 1.84. The largest absolute Gasteiger partial charge is 0.497 e. The van der Waals surface area contributed by atoms with Gasteiger partial charge < -0.3 is 15.2 Å². The third-order valence-corrected chi connectivity index (χ3v) is 3.55. The summed E-state index contributed by atoms with van der Waals surface area (Å²) >= 11 is 0.